The molecular weight excluding hydrogens is 711 g/mol. The molecule has 0 radical (unpaired) electrons. The number of benzene rings is 3. The van der Waals surface area contributed by atoms with Crippen molar-refractivity contribution in [2.45, 2.75) is 108 Å². The average molecular weight is 766 g/mol. The van der Waals surface area contributed by atoms with Crippen molar-refractivity contribution in [3.05, 3.63) is 95.6 Å². The fraction of sp³-hybridized carbons (Fsp3) is 0.477. The van der Waals surface area contributed by atoms with Crippen LogP contribution in [0.3, 0.4) is 0 Å². The molecule has 1 saturated carbocycles. The van der Waals surface area contributed by atoms with E-state index in [4.69, 9.17) is 9.47 Å². The van der Waals surface area contributed by atoms with Gasteiger partial charge in [0.2, 0.25) is 5.91 Å². The molecule has 4 amide bonds. The SMILES string of the molecule is C[C@@H](C(=O)N[C@](C(=O)NCc1ccccc1)(C(=O)[C@@H]1C[C@H](NC(=O)OCC2c3ccccc3-c3ccccc32)CN1)C1CCCCC1)N(C)C(=O)OC(C)(C)C. The molecule has 0 spiro atoms. The standard InChI is InChI=1S/C44H55N5O7/c1-28(49(5)42(54)56-43(2,3)4)39(51)48-44(30-18-10-7-11-19-30,40(52)46-25-29-16-8-6-9-17-29)38(50)37-24-31(26-45-37)47-41(53)55-27-36-34-22-14-12-20-32(34)33-21-13-15-23-35(33)36/h6,8-9,12-17,20-23,28,30-31,36-37,45H,7,10-11,18-19,24-27H2,1-5H3,(H,46,52)(H,47,53)(H,48,51)/t28-,31-,37-,44-/m0/s1. The van der Waals surface area contributed by atoms with Gasteiger partial charge in [-0.1, -0.05) is 98.1 Å². The van der Waals surface area contributed by atoms with E-state index in [0.717, 1.165) is 47.1 Å². The molecule has 12 nitrogen and oxygen atoms in total. The largest absolute Gasteiger partial charge is 0.449 e. The van der Waals surface area contributed by atoms with E-state index in [-0.39, 0.29) is 32.0 Å². The van der Waals surface area contributed by atoms with Crippen molar-refractivity contribution in [2.24, 2.45) is 5.92 Å². The Balaban J connectivity index is 1.19. The van der Waals surface area contributed by atoms with Crippen LogP contribution in [-0.2, 0) is 30.4 Å². The highest BCUT2D eigenvalue weighted by Gasteiger charge is 2.56. The number of carbonyl (C=O) groups excluding carboxylic acids is 5. The molecule has 56 heavy (non-hydrogen) atoms. The van der Waals surface area contributed by atoms with Crippen LogP contribution in [0.1, 0.15) is 88.8 Å². The van der Waals surface area contributed by atoms with Gasteiger partial charge in [-0.3, -0.25) is 19.3 Å². The summed E-state index contributed by atoms with van der Waals surface area (Å²) in [7, 11) is 1.45. The summed E-state index contributed by atoms with van der Waals surface area (Å²) >= 11 is 0. The molecule has 3 aromatic carbocycles. The maximum Gasteiger partial charge on any atom is 0.410 e. The number of carbonyl (C=O) groups is 5. The quantitative estimate of drug-likeness (QED) is 0.168. The number of nitrogens with zero attached hydrogens (tertiary/aromatic N) is 1. The molecule has 0 unspecified atom stereocenters. The number of nitrogens with one attached hydrogen (secondary N) is 4. The molecule has 12 heteroatoms. The molecule has 1 aliphatic heterocycles. The molecule has 2 fully saturated rings. The molecule has 2 aliphatic carbocycles. The minimum absolute atomic E-state index is 0.102. The summed E-state index contributed by atoms with van der Waals surface area (Å²) in [6, 6.07) is 23.2. The molecule has 0 bridgehead atoms. The van der Waals surface area contributed by atoms with Crippen molar-refractivity contribution in [3.63, 3.8) is 0 Å². The molecule has 298 valence electrons. The highest BCUT2D eigenvalue weighted by molar-refractivity contribution is 6.15. The van der Waals surface area contributed by atoms with E-state index < -0.39 is 65.0 Å². The number of fused-ring (bicyclic) bond motifs is 3. The highest BCUT2D eigenvalue weighted by atomic mass is 16.6. The third-order valence-corrected chi connectivity index (χ3v) is 11.3. The molecule has 0 aromatic heterocycles. The maximum absolute atomic E-state index is 15.0. The van der Waals surface area contributed by atoms with Crippen LogP contribution in [0, 0.1) is 5.92 Å². The van der Waals surface area contributed by atoms with E-state index in [9.17, 15) is 19.2 Å². The van der Waals surface area contributed by atoms with E-state index in [0.29, 0.717) is 12.8 Å². The first-order valence-electron chi connectivity index (χ1n) is 19.8. The van der Waals surface area contributed by atoms with Crippen molar-refractivity contribution in [1.29, 1.82) is 0 Å². The van der Waals surface area contributed by atoms with Crippen LogP contribution in [0.15, 0.2) is 78.9 Å². The predicted octanol–water partition coefficient (Wildman–Crippen LogP) is 5.83. The lowest BCUT2D eigenvalue weighted by molar-refractivity contribution is -0.148. The van der Waals surface area contributed by atoms with E-state index >= 15 is 4.79 Å². The van der Waals surface area contributed by atoms with E-state index in [1.165, 1.54) is 11.9 Å². The second kappa shape index (κ2) is 17.3. The van der Waals surface area contributed by atoms with Crippen molar-refractivity contribution in [3.8, 4) is 11.1 Å². The Morgan fingerprint density at radius 1 is 0.857 bits per heavy atom. The molecule has 4 N–H and O–H groups in total. The van der Waals surface area contributed by atoms with Crippen LogP contribution in [0.2, 0.25) is 0 Å². The summed E-state index contributed by atoms with van der Waals surface area (Å²) in [5.41, 5.74) is 2.56. The monoisotopic (exact) mass is 765 g/mol. The summed E-state index contributed by atoms with van der Waals surface area (Å²) in [4.78, 5) is 71.3. The first-order valence-corrected chi connectivity index (χ1v) is 19.8. The fourth-order valence-corrected chi connectivity index (χ4v) is 8.27. The number of Topliss-reactive ketones (excluding diaryl/α,β-unsaturated/α-hetero) is 1. The van der Waals surface area contributed by atoms with Crippen LogP contribution in [0.5, 0.6) is 0 Å². The number of hydrogen-bond donors (Lipinski definition) is 4. The molecule has 1 heterocycles. The number of alkyl carbamates (subject to hydrolysis) is 1. The summed E-state index contributed by atoms with van der Waals surface area (Å²) < 4.78 is 11.3. The molecule has 3 aromatic rings. The molecule has 3 aliphatic rings. The fourth-order valence-electron chi connectivity index (χ4n) is 8.27. The van der Waals surface area contributed by atoms with Crippen LogP contribution in [0.25, 0.3) is 11.1 Å². The minimum atomic E-state index is -1.95. The predicted molar refractivity (Wildman–Crippen MR) is 213 cm³/mol. The Morgan fingerprint density at radius 2 is 1.46 bits per heavy atom. The Labute approximate surface area is 329 Å². The van der Waals surface area contributed by atoms with Gasteiger partial charge in [0.15, 0.2) is 11.3 Å². The highest BCUT2D eigenvalue weighted by Crippen LogP contribution is 2.44. The van der Waals surface area contributed by atoms with Crippen molar-refractivity contribution in [2.75, 3.05) is 20.2 Å². The van der Waals surface area contributed by atoms with Crippen LogP contribution >= 0.6 is 0 Å². The van der Waals surface area contributed by atoms with Crippen LogP contribution < -0.4 is 21.3 Å². The van der Waals surface area contributed by atoms with Gasteiger partial charge in [0, 0.05) is 32.1 Å². The van der Waals surface area contributed by atoms with Gasteiger partial charge in [-0.2, -0.15) is 0 Å². The van der Waals surface area contributed by atoms with Crippen LogP contribution in [0.4, 0.5) is 9.59 Å². The van der Waals surface area contributed by atoms with Crippen molar-refractivity contribution in [1.82, 2.24) is 26.2 Å². The normalized spacial score (nSPS) is 19.7. The lowest BCUT2D eigenvalue weighted by atomic mass is 9.69. The molecule has 6 rings (SSSR count). The number of hydrogen-bond acceptors (Lipinski definition) is 8. The van der Waals surface area contributed by atoms with Gasteiger partial charge in [0.1, 0.15) is 18.2 Å². The second-order valence-electron chi connectivity index (χ2n) is 16.3. The van der Waals surface area contributed by atoms with Crippen molar-refractivity contribution >= 4 is 29.8 Å². The summed E-state index contributed by atoms with van der Waals surface area (Å²) in [6.45, 7) is 7.30. The van der Waals surface area contributed by atoms with Gasteiger partial charge < -0.3 is 30.7 Å². The Bertz CT molecular complexity index is 1860. The number of rotatable bonds is 12. The van der Waals surface area contributed by atoms with E-state index in [1.54, 1.807) is 27.7 Å². The van der Waals surface area contributed by atoms with Gasteiger partial charge in [0.25, 0.3) is 5.91 Å². The second-order valence-corrected chi connectivity index (χ2v) is 16.3. The van der Waals surface area contributed by atoms with Gasteiger partial charge in [0.05, 0.1) is 6.04 Å². The maximum atomic E-state index is 15.0. The van der Waals surface area contributed by atoms with E-state index in [2.05, 4.69) is 45.5 Å². The average Bonchev–Trinajstić information content (AvgIpc) is 3.79. The van der Waals surface area contributed by atoms with E-state index in [1.807, 2.05) is 54.6 Å². The molecule has 1 saturated heterocycles. The molecular formula is C44H55N5O7. The third-order valence-electron chi connectivity index (χ3n) is 11.3. The lowest BCUT2D eigenvalue weighted by Crippen LogP contribution is -2.72. The summed E-state index contributed by atoms with van der Waals surface area (Å²) in [5, 5.41) is 12.1. The molecule has 4 atom stereocenters. The number of likely N-dealkylation sites (N-methyl/N-ethyl adjacent to an activating group) is 1. The zero-order valence-electron chi connectivity index (χ0n) is 33.1. The smallest absolute Gasteiger partial charge is 0.410 e. The Morgan fingerprint density at radius 3 is 2.09 bits per heavy atom. The zero-order valence-corrected chi connectivity index (χ0v) is 33.1. The number of ether oxygens (including phenoxy) is 2. The third kappa shape index (κ3) is 8.91. The Kier molecular flexibility index (Phi) is 12.5. The lowest BCUT2D eigenvalue weighted by Gasteiger charge is -2.43. The topological polar surface area (TPSA) is 155 Å². The van der Waals surface area contributed by atoms with Gasteiger partial charge in [-0.05, 0) is 80.7 Å². The van der Waals surface area contributed by atoms with Gasteiger partial charge >= 0.3 is 12.2 Å². The Hall–Kier alpha value is -5.23. The summed E-state index contributed by atoms with van der Waals surface area (Å²) in [5.74, 6) is -2.34. The first kappa shape index (κ1) is 40.4. The summed E-state index contributed by atoms with van der Waals surface area (Å²) in [6.07, 6.45) is 2.52. The zero-order chi connectivity index (χ0) is 40.0. The number of ketones is 1. The van der Waals surface area contributed by atoms with Crippen molar-refractivity contribution < 1.29 is 33.4 Å². The van der Waals surface area contributed by atoms with Gasteiger partial charge in [-0.15, -0.1) is 0 Å². The minimum Gasteiger partial charge on any atom is -0.449 e. The first-order chi connectivity index (χ1) is 26.8. The van der Waals surface area contributed by atoms with Crippen LogP contribution in [-0.4, -0.2) is 84.1 Å². The van der Waals surface area contributed by atoms with Gasteiger partial charge in [-0.25, -0.2) is 9.59 Å². The number of amides is 4.